The van der Waals surface area contributed by atoms with Crippen LogP contribution >= 0.6 is 0 Å². The predicted octanol–water partition coefficient (Wildman–Crippen LogP) is -3.14. The van der Waals surface area contributed by atoms with Crippen molar-refractivity contribution in [2.24, 2.45) is 5.92 Å². The summed E-state index contributed by atoms with van der Waals surface area (Å²) in [5, 5.41) is 5.93. The maximum Gasteiger partial charge on any atom is 0.418 e. The average Bonchev–Trinajstić information content (AvgIpc) is 3.28. The number of piperidine rings is 1. The second kappa shape index (κ2) is 8.48. The average molecular weight is 434 g/mol. The molecule has 5 N–H and O–H groups in total. The van der Waals surface area contributed by atoms with Crippen molar-refractivity contribution in [2.75, 3.05) is 26.2 Å². The van der Waals surface area contributed by atoms with Gasteiger partial charge in [0.25, 0.3) is 5.91 Å². The van der Waals surface area contributed by atoms with Gasteiger partial charge in [-0.3, -0.25) is 29.8 Å². The van der Waals surface area contributed by atoms with Crippen molar-refractivity contribution in [3.63, 3.8) is 0 Å². The van der Waals surface area contributed by atoms with Gasteiger partial charge in [0.2, 0.25) is 11.8 Å². The van der Waals surface area contributed by atoms with Gasteiger partial charge in [0.1, 0.15) is 6.04 Å². The number of hydrogen-bond donors (Lipinski definition) is 5. The third-order valence-electron chi connectivity index (χ3n) is 4.98. The highest BCUT2D eigenvalue weighted by Crippen LogP contribution is 2.30. The lowest BCUT2D eigenvalue weighted by Crippen LogP contribution is -2.53. The van der Waals surface area contributed by atoms with Crippen LogP contribution in [0.5, 0.6) is 0 Å². The van der Waals surface area contributed by atoms with Crippen LogP contribution in [0, 0.1) is 5.92 Å². The van der Waals surface area contributed by atoms with Crippen molar-refractivity contribution in [2.45, 2.75) is 31.3 Å². The lowest BCUT2D eigenvalue weighted by molar-refractivity contribution is -0.132. The van der Waals surface area contributed by atoms with E-state index in [9.17, 15) is 27.6 Å². The van der Waals surface area contributed by atoms with Crippen LogP contribution in [0.1, 0.15) is 19.3 Å². The molecule has 0 radical (unpaired) electrons. The van der Waals surface area contributed by atoms with Gasteiger partial charge in [-0.1, -0.05) is 0 Å². The summed E-state index contributed by atoms with van der Waals surface area (Å²) in [7, 11) is -4.87. The molecule has 3 saturated heterocycles. The highest BCUT2D eigenvalue weighted by molar-refractivity contribution is 7.80. The number of hydrogen-bond acceptors (Lipinski definition) is 8. The molecule has 3 aliphatic heterocycles. The Hall–Kier alpha value is -2.49. The van der Waals surface area contributed by atoms with Crippen molar-refractivity contribution in [1.82, 2.24) is 31.4 Å². The maximum atomic E-state index is 12.4. The van der Waals surface area contributed by atoms with Crippen molar-refractivity contribution in [3.05, 3.63) is 0 Å². The summed E-state index contributed by atoms with van der Waals surface area (Å²) in [5.41, 5.74) is 4.50. The highest BCUT2D eigenvalue weighted by atomic mass is 32.3. The Morgan fingerprint density at radius 2 is 1.93 bits per heavy atom. The molecule has 0 aromatic rings. The van der Waals surface area contributed by atoms with E-state index in [4.69, 9.17) is 4.55 Å². The SMILES string of the molecule is O=C(CNC(=O)[C@@H]1CCC2CN1C(=O)N2OS(=O)(=O)O)NNC(=O)[C@H]1CCNC1. The van der Waals surface area contributed by atoms with Crippen LogP contribution in [0.4, 0.5) is 4.79 Å². The molecule has 0 spiro atoms. The van der Waals surface area contributed by atoms with E-state index >= 15 is 0 Å². The Balaban J connectivity index is 1.45. The molecule has 3 heterocycles. The van der Waals surface area contributed by atoms with Gasteiger partial charge in [0.15, 0.2) is 0 Å². The van der Waals surface area contributed by atoms with Crippen LogP contribution in [-0.4, -0.2) is 84.9 Å². The van der Waals surface area contributed by atoms with Crippen molar-refractivity contribution >= 4 is 34.2 Å². The third-order valence-corrected chi connectivity index (χ3v) is 5.33. The largest absolute Gasteiger partial charge is 0.418 e. The maximum absolute atomic E-state index is 12.4. The van der Waals surface area contributed by atoms with Gasteiger partial charge >= 0.3 is 16.4 Å². The van der Waals surface area contributed by atoms with Crippen molar-refractivity contribution in [3.8, 4) is 0 Å². The fraction of sp³-hybridized carbons (Fsp3) is 0.714. The second-order valence-electron chi connectivity index (χ2n) is 6.95. The summed E-state index contributed by atoms with van der Waals surface area (Å²) in [6.45, 7) is 0.884. The number of hydroxylamine groups is 2. The van der Waals surface area contributed by atoms with E-state index in [1.807, 2.05) is 0 Å². The molecule has 162 valence electrons. The van der Waals surface area contributed by atoms with Crippen LogP contribution < -0.4 is 21.5 Å². The number of urea groups is 1. The molecule has 14 nitrogen and oxygen atoms in total. The molecule has 1 unspecified atom stereocenters. The smallest absolute Gasteiger partial charge is 0.345 e. The molecule has 0 aromatic heterocycles. The van der Waals surface area contributed by atoms with Gasteiger partial charge in [-0.15, -0.1) is 4.28 Å². The summed E-state index contributed by atoms with van der Waals surface area (Å²) >= 11 is 0. The minimum Gasteiger partial charge on any atom is -0.345 e. The predicted molar refractivity (Wildman–Crippen MR) is 93.7 cm³/mol. The lowest BCUT2D eigenvalue weighted by atomic mass is 10.0. The van der Waals surface area contributed by atoms with E-state index in [1.165, 1.54) is 0 Å². The van der Waals surface area contributed by atoms with E-state index in [1.54, 1.807) is 0 Å². The Bertz CT molecular complexity index is 798. The Morgan fingerprint density at radius 3 is 2.59 bits per heavy atom. The Kier molecular flexibility index (Phi) is 6.21. The van der Waals surface area contributed by atoms with Crippen LogP contribution in [0.3, 0.4) is 0 Å². The second-order valence-corrected chi connectivity index (χ2v) is 7.96. The first-order chi connectivity index (χ1) is 13.7. The fourth-order valence-corrected chi connectivity index (χ4v) is 3.93. The van der Waals surface area contributed by atoms with E-state index in [2.05, 4.69) is 25.8 Å². The highest BCUT2D eigenvalue weighted by Gasteiger charge is 2.49. The molecule has 0 saturated carbocycles. The zero-order chi connectivity index (χ0) is 21.2. The summed E-state index contributed by atoms with van der Waals surface area (Å²) in [6.07, 6.45) is 1.16. The number of fused-ring (bicyclic) bond motifs is 2. The molecule has 0 aliphatic carbocycles. The molecule has 3 atom stereocenters. The van der Waals surface area contributed by atoms with Gasteiger partial charge in [-0.25, -0.2) is 4.79 Å². The first kappa shape index (κ1) is 21.2. The van der Waals surface area contributed by atoms with Crippen molar-refractivity contribution < 1.29 is 36.4 Å². The molecule has 2 bridgehead atoms. The zero-order valence-corrected chi connectivity index (χ0v) is 16.1. The quantitative estimate of drug-likeness (QED) is 0.213. The monoisotopic (exact) mass is 434 g/mol. The number of hydrazine groups is 1. The Morgan fingerprint density at radius 1 is 1.17 bits per heavy atom. The van der Waals surface area contributed by atoms with Gasteiger partial charge in [0.05, 0.1) is 18.5 Å². The van der Waals surface area contributed by atoms with E-state index in [0.717, 1.165) is 11.4 Å². The minimum absolute atomic E-state index is 0.0458. The first-order valence-corrected chi connectivity index (χ1v) is 10.4. The van der Waals surface area contributed by atoms with Crippen LogP contribution in [-0.2, 0) is 29.1 Å². The standard InChI is InChI=1S/C14H22N6O8S/c21-11(17-18-12(22)8-3-4-15-5-8)6-16-13(23)10-2-1-9-7-19(10)14(24)20(9)28-29(25,26)27/h8-10,15H,1-7H2,(H,16,23)(H,17,21)(H,18,22)(H,25,26,27)/t8-,9?,10-/m0/s1. The lowest BCUT2D eigenvalue weighted by Gasteiger charge is -2.29. The number of carbonyl (C=O) groups is 4. The number of carbonyl (C=O) groups excluding carboxylic acids is 4. The molecule has 29 heavy (non-hydrogen) atoms. The molecule has 0 aromatic carbocycles. The Labute approximate surface area is 166 Å². The number of amides is 5. The van der Waals surface area contributed by atoms with Crippen LogP contribution in [0.2, 0.25) is 0 Å². The molecule has 3 fully saturated rings. The summed E-state index contributed by atoms with van der Waals surface area (Å²) in [4.78, 5) is 49.4. The minimum atomic E-state index is -4.87. The van der Waals surface area contributed by atoms with Gasteiger partial charge < -0.3 is 15.5 Å². The molecule has 3 aliphatic rings. The van der Waals surface area contributed by atoms with E-state index in [-0.39, 0.29) is 31.2 Å². The number of nitrogens with one attached hydrogen (secondary N) is 4. The van der Waals surface area contributed by atoms with Crippen LogP contribution in [0.25, 0.3) is 0 Å². The third kappa shape index (κ3) is 5.11. The van der Waals surface area contributed by atoms with Gasteiger partial charge in [-0.05, 0) is 25.8 Å². The summed E-state index contributed by atoms with van der Waals surface area (Å²) < 4.78 is 34.8. The van der Waals surface area contributed by atoms with Gasteiger partial charge in [0, 0.05) is 13.1 Å². The van der Waals surface area contributed by atoms with Crippen molar-refractivity contribution in [1.29, 1.82) is 0 Å². The van der Waals surface area contributed by atoms with Gasteiger partial charge in [-0.2, -0.15) is 13.5 Å². The summed E-state index contributed by atoms with van der Waals surface area (Å²) in [6, 6.07) is -2.40. The number of rotatable bonds is 6. The molecule has 5 amide bonds. The van der Waals surface area contributed by atoms with Crippen LogP contribution in [0.15, 0.2) is 0 Å². The number of nitrogens with zero attached hydrogens (tertiary/aromatic N) is 2. The normalized spacial score (nSPS) is 26.4. The molecular formula is C14H22N6O8S. The molecular weight excluding hydrogens is 412 g/mol. The summed E-state index contributed by atoms with van der Waals surface area (Å²) in [5.74, 6) is -1.80. The van der Waals surface area contributed by atoms with E-state index < -0.39 is 46.9 Å². The molecule has 3 rings (SSSR count). The molecule has 15 heteroatoms. The fourth-order valence-electron chi connectivity index (χ4n) is 3.55. The zero-order valence-electron chi connectivity index (χ0n) is 15.3. The van der Waals surface area contributed by atoms with E-state index in [0.29, 0.717) is 18.0 Å². The first-order valence-electron chi connectivity index (χ1n) is 8.99. The topological polar surface area (TPSA) is 186 Å².